The number of hydrogen-bond acceptors (Lipinski definition) is 17. The molecular formula is C36H47N11O12S2. The smallest absolute Gasteiger partial charge is 0.328 e. The van der Waals surface area contributed by atoms with Crippen molar-refractivity contribution in [1.82, 2.24) is 46.5 Å². The fourth-order valence-corrected chi connectivity index (χ4v) is 7.79. The van der Waals surface area contributed by atoms with Gasteiger partial charge in [-0.15, -0.1) is 0 Å². The van der Waals surface area contributed by atoms with Crippen LogP contribution < -0.4 is 43.2 Å². The number of amides is 5. The minimum Gasteiger partial charge on any atom is -0.480 e. The number of nitrogen functional groups attached to an aromatic ring is 1. The molecule has 3 aromatic rings. The number of aliphatic carboxylic acids is 2. The molecule has 1 saturated heterocycles. The second-order valence-electron chi connectivity index (χ2n) is 13.7. The Labute approximate surface area is 355 Å². The summed E-state index contributed by atoms with van der Waals surface area (Å²) < 4.78 is 11.3. The summed E-state index contributed by atoms with van der Waals surface area (Å²) >= 11 is 0. The number of aromatic nitrogens is 4. The maximum atomic E-state index is 13.3. The van der Waals surface area contributed by atoms with Gasteiger partial charge in [-0.25, -0.2) is 19.6 Å². The Morgan fingerprint density at radius 2 is 1.66 bits per heavy atom. The van der Waals surface area contributed by atoms with E-state index in [1.807, 2.05) is 0 Å². The molecule has 0 bridgehead atoms. The standard InChI is InChI=1S/C36H47N11O12S2/c1-16-17(2)28(59-35(58-4)26(16)45-23(48)9-10-60-61-15-25(50)38-3)32(53)41-14-22(34(56)57)43-24(49)11-21(33(54)55)44-30(51)18-5-7-19(8-6-18)39-12-20-13-40-29-27(42-20)31(52)47-36(37)46-29/h5-8,13,16-17,21-22,26,28,35,39H,9-12,14-15H2,1-4H3,(H,38,50)(H,41,53)(H,43,49)(H,44,51)(H,45,48)(H,54,55)(H,56,57)(H3,37,40,46,47,52)/t16-,17-,21-,22-,26?,28?,35+/m0/s1. The lowest BCUT2D eigenvalue weighted by atomic mass is 9.81. The quantitative estimate of drug-likeness (QED) is 0.0444. The molecule has 4 rings (SSSR count). The molecule has 1 aromatic carbocycles. The van der Waals surface area contributed by atoms with Crippen LogP contribution in [-0.2, 0) is 44.8 Å². The minimum atomic E-state index is -1.75. The van der Waals surface area contributed by atoms with Crippen LogP contribution in [0.5, 0.6) is 0 Å². The Balaban J connectivity index is 1.25. The van der Waals surface area contributed by atoms with E-state index in [1.165, 1.54) is 66.2 Å². The zero-order chi connectivity index (χ0) is 44.8. The van der Waals surface area contributed by atoms with E-state index in [1.54, 1.807) is 13.8 Å². The lowest BCUT2D eigenvalue weighted by Crippen LogP contribution is -2.61. The molecule has 1 fully saturated rings. The highest BCUT2D eigenvalue weighted by Gasteiger charge is 2.45. The summed E-state index contributed by atoms with van der Waals surface area (Å²) in [7, 11) is 5.58. The molecule has 0 aliphatic carbocycles. The molecule has 2 unspecified atom stereocenters. The Bertz CT molecular complexity index is 2140. The molecule has 23 nitrogen and oxygen atoms in total. The van der Waals surface area contributed by atoms with Crippen LogP contribution in [0, 0.1) is 11.8 Å². The maximum Gasteiger partial charge on any atom is 0.328 e. The van der Waals surface area contributed by atoms with Crippen molar-refractivity contribution in [2.24, 2.45) is 11.8 Å². The van der Waals surface area contributed by atoms with Gasteiger partial charge in [0.1, 0.15) is 18.2 Å². The number of carboxylic acid groups (broad SMARTS) is 2. The SMILES string of the molecule is CNC(=O)CSSCCC(=O)NC1[C@H](OC)OC(C(=O)NC[C@H](NC(=O)C[C@H](NC(=O)c2ccc(NCc3cnc4nc(N)[nH]c(=O)c4n3)cc2)C(=O)O)C(=O)O)[C@@H](C)[C@@H]1C. The van der Waals surface area contributed by atoms with Crippen LogP contribution in [0.3, 0.4) is 0 Å². The lowest BCUT2D eigenvalue weighted by molar-refractivity contribution is -0.223. The van der Waals surface area contributed by atoms with Crippen molar-refractivity contribution in [3.8, 4) is 0 Å². The second kappa shape index (κ2) is 22.5. The number of benzene rings is 1. The van der Waals surface area contributed by atoms with Crippen molar-refractivity contribution in [2.75, 3.05) is 43.3 Å². The zero-order valence-electron chi connectivity index (χ0n) is 33.4. The van der Waals surface area contributed by atoms with Gasteiger partial charge in [-0.2, -0.15) is 4.98 Å². The summed E-state index contributed by atoms with van der Waals surface area (Å²) in [5, 5.41) is 34.9. The fourth-order valence-electron chi connectivity index (χ4n) is 5.90. The summed E-state index contributed by atoms with van der Waals surface area (Å²) in [6, 6.07) is 1.78. The molecule has 3 heterocycles. The normalized spacial score (nSPS) is 19.4. The van der Waals surface area contributed by atoms with E-state index < -0.39 is 84.6 Å². The molecule has 2 aromatic heterocycles. The second-order valence-corrected chi connectivity index (χ2v) is 16.2. The summed E-state index contributed by atoms with van der Waals surface area (Å²) in [5.74, 6) is -6.32. The molecule has 61 heavy (non-hydrogen) atoms. The number of hydrogen-bond donors (Lipinski definition) is 10. The number of nitrogens with zero attached hydrogens (tertiary/aromatic N) is 3. The minimum absolute atomic E-state index is 0.00116. The molecule has 7 atom stereocenters. The molecule has 1 aliphatic rings. The van der Waals surface area contributed by atoms with Crippen LogP contribution in [-0.4, -0.2) is 134 Å². The number of ether oxygens (including phenoxy) is 2. The van der Waals surface area contributed by atoms with E-state index in [2.05, 4.69) is 51.8 Å². The molecule has 5 amide bonds. The number of fused-ring (bicyclic) bond motifs is 1. The fraction of sp³-hybridized carbons (Fsp3) is 0.472. The third-order valence-corrected chi connectivity index (χ3v) is 11.7. The number of carbonyl (C=O) groups excluding carboxylic acids is 5. The summed E-state index contributed by atoms with van der Waals surface area (Å²) in [6.45, 7) is 3.06. The van der Waals surface area contributed by atoms with Crippen molar-refractivity contribution in [2.45, 2.75) is 63.8 Å². The van der Waals surface area contributed by atoms with E-state index in [-0.39, 0.29) is 59.1 Å². The first kappa shape index (κ1) is 47.6. The number of H-pyrrole nitrogens is 1. The van der Waals surface area contributed by atoms with Gasteiger partial charge in [-0.05, 0) is 36.1 Å². The van der Waals surface area contributed by atoms with Crippen LogP contribution in [0.25, 0.3) is 11.2 Å². The van der Waals surface area contributed by atoms with Gasteiger partial charge >= 0.3 is 11.9 Å². The number of anilines is 2. The van der Waals surface area contributed by atoms with Crippen LogP contribution >= 0.6 is 21.6 Å². The number of carboxylic acids is 2. The van der Waals surface area contributed by atoms with Crippen LogP contribution in [0.2, 0.25) is 0 Å². The topological polar surface area (TPSA) is 348 Å². The first-order valence-electron chi connectivity index (χ1n) is 18.6. The van der Waals surface area contributed by atoms with Gasteiger partial charge in [0.2, 0.25) is 29.6 Å². The van der Waals surface area contributed by atoms with E-state index >= 15 is 0 Å². The molecule has 1 aliphatic heterocycles. The van der Waals surface area contributed by atoms with Crippen LogP contribution in [0.4, 0.5) is 11.6 Å². The summed E-state index contributed by atoms with van der Waals surface area (Å²) in [6.07, 6.45) is -1.43. The van der Waals surface area contributed by atoms with Crippen molar-refractivity contribution in [1.29, 1.82) is 0 Å². The van der Waals surface area contributed by atoms with E-state index in [4.69, 9.17) is 15.2 Å². The van der Waals surface area contributed by atoms with Gasteiger partial charge in [0.25, 0.3) is 11.5 Å². The first-order valence-corrected chi connectivity index (χ1v) is 21.1. The first-order chi connectivity index (χ1) is 29.0. The van der Waals surface area contributed by atoms with Gasteiger partial charge < -0.3 is 57.3 Å². The highest BCUT2D eigenvalue weighted by Crippen LogP contribution is 2.32. The van der Waals surface area contributed by atoms with Crippen molar-refractivity contribution in [3.63, 3.8) is 0 Å². The van der Waals surface area contributed by atoms with E-state index in [0.29, 0.717) is 17.1 Å². The third-order valence-electron chi connectivity index (χ3n) is 9.44. The number of nitrogens with one attached hydrogen (secondary N) is 7. The number of carbonyl (C=O) groups is 7. The Hall–Kier alpha value is -6.05. The highest BCUT2D eigenvalue weighted by molar-refractivity contribution is 8.76. The lowest BCUT2D eigenvalue weighted by Gasteiger charge is -2.43. The Kier molecular flexibility index (Phi) is 17.6. The van der Waals surface area contributed by atoms with Gasteiger partial charge in [0.05, 0.1) is 36.7 Å². The van der Waals surface area contributed by atoms with Gasteiger partial charge in [-0.3, -0.25) is 33.8 Å². The number of methoxy groups -OCH3 is 1. The Morgan fingerprint density at radius 3 is 2.31 bits per heavy atom. The van der Waals surface area contributed by atoms with Gasteiger partial charge in [0.15, 0.2) is 17.5 Å². The molecule has 11 N–H and O–H groups in total. The van der Waals surface area contributed by atoms with Crippen molar-refractivity contribution < 1.29 is 53.2 Å². The predicted octanol–water partition coefficient (Wildman–Crippen LogP) is -1.19. The average molecular weight is 890 g/mol. The largest absolute Gasteiger partial charge is 0.480 e. The third kappa shape index (κ3) is 13.7. The van der Waals surface area contributed by atoms with Crippen molar-refractivity contribution >= 4 is 85.9 Å². The molecule has 0 spiro atoms. The Morgan fingerprint density at radius 1 is 0.951 bits per heavy atom. The van der Waals surface area contributed by atoms with Crippen LogP contribution in [0.15, 0.2) is 35.3 Å². The predicted molar refractivity (Wildman–Crippen MR) is 222 cm³/mol. The molecular weight excluding hydrogens is 843 g/mol. The molecule has 0 radical (unpaired) electrons. The van der Waals surface area contributed by atoms with Crippen LogP contribution in [0.1, 0.15) is 42.7 Å². The maximum absolute atomic E-state index is 13.3. The zero-order valence-corrected chi connectivity index (χ0v) is 35.0. The summed E-state index contributed by atoms with van der Waals surface area (Å²) in [4.78, 5) is 114. The number of rotatable bonds is 21. The van der Waals surface area contributed by atoms with E-state index in [0.717, 1.165) is 0 Å². The van der Waals surface area contributed by atoms with Gasteiger partial charge in [0, 0.05) is 44.1 Å². The molecule has 330 valence electrons. The van der Waals surface area contributed by atoms with Gasteiger partial charge in [-0.1, -0.05) is 35.4 Å². The number of aromatic amines is 1. The molecule has 25 heteroatoms. The summed E-state index contributed by atoms with van der Waals surface area (Å²) in [5.41, 5.74) is 6.05. The number of nitrogens with two attached hydrogens (primary N) is 1. The molecule has 0 saturated carbocycles. The monoisotopic (exact) mass is 889 g/mol. The highest BCUT2D eigenvalue weighted by atomic mass is 33.1. The average Bonchev–Trinajstić information content (AvgIpc) is 3.22. The van der Waals surface area contributed by atoms with Crippen molar-refractivity contribution in [3.05, 3.63) is 52.1 Å². The van der Waals surface area contributed by atoms with E-state index in [9.17, 15) is 48.6 Å².